The molecule has 13 heteroatoms. The van der Waals surface area contributed by atoms with Crippen LogP contribution in [0.15, 0.2) is 41.2 Å². The highest BCUT2D eigenvalue weighted by molar-refractivity contribution is 6.35. The minimum atomic E-state index is -2.83. The molecule has 0 aliphatic rings. The summed E-state index contributed by atoms with van der Waals surface area (Å²) in [7, 11) is 0. The lowest BCUT2D eigenvalue weighted by molar-refractivity contribution is 0.151. The molecule has 0 spiro atoms. The summed E-state index contributed by atoms with van der Waals surface area (Å²) in [6.07, 6.45) is -2.83. The summed E-state index contributed by atoms with van der Waals surface area (Å²) in [5, 5.41) is 12.7. The second-order valence-electron chi connectivity index (χ2n) is 7.46. The first-order valence-corrected chi connectivity index (χ1v) is 10.8. The predicted octanol–water partition coefficient (Wildman–Crippen LogP) is 4.63. The number of nitrogens with one attached hydrogen (secondary N) is 1. The van der Waals surface area contributed by atoms with Crippen LogP contribution in [0, 0.1) is 11.3 Å². The SMILES string of the molecule is C[C@H](Nc1nc(N)nc(N)c1C#N)c1nc2cccc(Cl)c2c(=O)n1-c1cc(Cl)cc(C(F)F)c1. The number of alkyl halides is 2. The Hall–Kier alpha value is -4.01. The van der Waals surface area contributed by atoms with Gasteiger partial charge in [0.05, 0.1) is 27.7 Å². The van der Waals surface area contributed by atoms with Crippen molar-refractivity contribution in [2.75, 3.05) is 16.8 Å². The van der Waals surface area contributed by atoms with Gasteiger partial charge in [0.15, 0.2) is 5.82 Å². The van der Waals surface area contributed by atoms with Crippen molar-refractivity contribution in [2.45, 2.75) is 19.4 Å². The molecule has 0 saturated heterocycles. The zero-order valence-corrected chi connectivity index (χ0v) is 19.4. The highest BCUT2D eigenvalue weighted by atomic mass is 35.5. The number of halogens is 4. The summed E-state index contributed by atoms with van der Waals surface area (Å²) in [4.78, 5) is 26.0. The van der Waals surface area contributed by atoms with E-state index in [0.717, 1.165) is 16.7 Å². The molecule has 2 aromatic carbocycles. The molecule has 0 saturated carbocycles. The molecule has 2 heterocycles. The van der Waals surface area contributed by atoms with Crippen molar-refractivity contribution in [2.24, 2.45) is 0 Å². The Bertz CT molecular complexity index is 1570. The molecule has 2 aromatic heterocycles. The van der Waals surface area contributed by atoms with Gasteiger partial charge in [-0.15, -0.1) is 0 Å². The molecule has 0 bridgehead atoms. The predicted molar refractivity (Wildman–Crippen MR) is 130 cm³/mol. The van der Waals surface area contributed by atoms with Crippen LogP contribution in [0.1, 0.15) is 36.3 Å². The van der Waals surface area contributed by atoms with Gasteiger partial charge in [-0.1, -0.05) is 29.3 Å². The van der Waals surface area contributed by atoms with Crippen molar-refractivity contribution >= 4 is 51.7 Å². The summed E-state index contributed by atoms with van der Waals surface area (Å²) in [5.74, 6) is -0.201. The lowest BCUT2D eigenvalue weighted by Crippen LogP contribution is -2.28. The Kier molecular flexibility index (Phi) is 6.43. The summed E-state index contributed by atoms with van der Waals surface area (Å²) < 4.78 is 28.1. The first-order chi connectivity index (χ1) is 16.6. The van der Waals surface area contributed by atoms with Gasteiger partial charge < -0.3 is 16.8 Å². The zero-order valence-electron chi connectivity index (χ0n) is 17.9. The Morgan fingerprint density at radius 3 is 2.57 bits per heavy atom. The van der Waals surface area contributed by atoms with Crippen molar-refractivity contribution in [1.29, 1.82) is 5.26 Å². The van der Waals surface area contributed by atoms with Gasteiger partial charge >= 0.3 is 0 Å². The molecule has 0 unspecified atom stereocenters. The molecule has 0 fully saturated rings. The van der Waals surface area contributed by atoms with Crippen LogP contribution in [0.25, 0.3) is 16.6 Å². The number of hydrogen-bond donors (Lipinski definition) is 3. The third kappa shape index (κ3) is 4.53. The monoisotopic (exact) mass is 516 g/mol. The number of aromatic nitrogens is 4. The third-order valence-electron chi connectivity index (χ3n) is 5.09. The summed E-state index contributed by atoms with van der Waals surface area (Å²) in [5.41, 5.74) is 10.7. The van der Waals surface area contributed by atoms with E-state index in [1.165, 1.54) is 12.1 Å². The van der Waals surface area contributed by atoms with Crippen LogP contribution in [-0.2, 0) is 0 Å². The molecule has 4 aromatic rings. The van der Waals surface area contributed by atoms with E-state index in [1.807, 2.05) is 6.07 Å². The highest BCUT2D eigenvalue weighted by Crippen LogP contribution is 2.30. The minimum absolute atomic E-state index is 0.00127. The van der Waals surface area contributed by atoms with Crippen LogP contribution in [0.4, 0.5) is 26.4 Å². The number of rotatable bonds is 5. The van der Waals surface area contributed by atoms with E-state index < -0.39 is 18.0 Å². The highest BCUT2D eigenvalue weighted by Gasteiger charge is 2.23. The van der Waals surface area contributed by atoms with Gasteiger partial charge in [0.25, 0.3) is 12.0 Å². The number of anilines is 3. The lowest BCUT2D eigenvalue weighted by atomic mass is 10.1. The van der Waals surface area contributed by atoms with Crippen molar-refractivity contribution in [3.05, 3.63) is 73.7 Å². The van der Waals surface area contributed by atoms with Gasteiger partial charge in [-0.2, -0.15) is 15.2 Å². The smallest absolute Gasteiger partial charge is 0.267 e. The topological polar surface area (TPSA) is 149 Å². The van der Waals surface area contributed by atoms with E-state index >= 15 is 0 Å². The molecule has 0 amide bonds. The standard InChI is InChI=1S/C22H16Cl2F2N8O/c1-9(30-19-13(8-27)18(28)32-22(29)33-19)20-31-15-4-2-3-14(24)16(15)21(35)34(20)12-6-10(17(25)26)5-11(23)7-12/h2-7,9,17H,1H3,(H5,28,29,30,32,33)/t9-/m0/s1. The Morgan fingerprint density at radius 2 is 1.89 bits per heavy atom. The molecular formula is C22H16Cl2F2N8O. The fraction of sp³-hybridized carbons (Fsp3) is 0.136. The van der Waals surface area contributed by atoms with E-state index in [9.17, 15) is 18.8 Å². The van der Waals surface area contributed by atoms with Crippen LogP contribution in [0.2, 0.25) is 10.0 Å². The molecule has 0 aliphatic heterocycles. The summed E-state index contributed by atoms with van der Waals surface area (Å²) >= 11 is 12.4. The molecule has 9 nitrogen and oxygen atoms in total. The average Bonchev–Trinajstić information content (AvgIpc) is 2.78. The fourth-order valence-corrected chi connectivity index (χ4v) is 4.07. The maximum Gasteiger partial charge on any atom is 0.267 e. The van der Waals surface area contributed by atoms with Crippen LogP contribution in [0.5, 0.6) is 0 Å². The van der Waals surface area contributed by atoms with E-state index in [1.54, 1.807) is 19.1 Å². The number of nitrogens with zero attached hydrogens (tertiary/aromatic N) is 5. The van der Waals surface area contributed by atoms with Gasteiger partial charge in [-0.05, 0) is 37.3 Å². The Balaban J connectivity index is 1.99. The third-order valence-corrected chi connectivity index (χ3v) is 5.63. The van der Waals surface area contributed by atoms with Gasteiger partial charge in [0.2, 0.25) is 5.95 Å². The van der Waals surface area contributed by atoms with E-state index in [2.05, 4.69) is 20.3 Å². The number of nitrogens with two attached hydrogens (primary N) is 2. The van der Waals surface area contributed by atoms with Gasteiger partial charge in [0, 0.05) is 10.6 Å². The number of benzene rings is 2. The van der Waals surface area contributed by atoms with Crippen LogP contribution in [-0.4, -0.2) is 19.5 Å². The average molecular weight is 517 g/mol. The molecule has 0 aliphatic carbocycles. The molecular weight excluding hydrogens is 501 g/mol. The second kappa shape index (κ2) is 9.32. The van der Waals surface area contributed by atoms with Crippen LogP contribution in [0.3, 0.4) is 0 Å². The maximum atomic E-state index is 13.6. The largest absolute Gasteiger partial charge is 0.382 e. The van der Waals surface area contributed by atoms with Crippen LogP contribution >= 0.6 is 23.2 Å². The second-order valence-corrected chi connectivity index (χ2v) is 8.30. The molecule has 0 radical (unpaired) electrons. The first-order valence-electron chi connectivity index (χ1n) is 10.0. The minimum Gasteiger partial charge on any atom is -0.382 e. The fourth-order valence-electron chi connectivity index (χ4n) is 3.58. The maximum absolute atomic E-state index is 13.6. The number of hydrogen-bond acceptors (Lipinski definition) is 8. The quantitative estimate of drug-likeness (QED) is 0.347. The van der Waals surface area contributed by atoms with Crippen molar-refractivity contribution in [3.63, 3.8) is 0 Å². The molecule has 1 atom stereocenters. The Morgan fingerprint density at radius 1 is 1.14 bits per heavy atom. The van der Waals surface area contributed by atoms with Crippen molar-refractivity contribution in [3.8, 4) is 11.8 Å². The van der Waals surface area contributed by atoms with Crippen molar-refractivity contribution in [1.82, 2.24) is 19.5 Å². The molecule has 178 valence electrons. The summed E-state index contributed by atoms with van der Waals surface area (Å²) in [6.45, 7) is 1.63. The first kappa shape index (κ1) is 24.1. The molecule has 35 heavy (non-hydrogen) atoms. The van der Waals surface area contributed by atoms with Gasteiger partial charge in [-0.3, -0.25) is 9.36 Å². The number of fused-ring (bicyclic) bond motifs is 1. The lowest BCUT2D eigenvalue weighted by Gasteiger charge is -2.21. The molecule has 5 N–H and O–H groups in total. The number of nitrogen functional groups attached to an aromatic ring is 2. The Labute approximate surface area is 206 Å². The van der Waals surface area contributed by atoms with E-state index in [0.29, 0.717) is 0 Å². The van der Waals surface area contributed by atoms with E-state index in [-0.39, 0.29) is 61.2 Å². The van der Waals surface area contributed by atoms with E-state index in [4.69, 9.17) is 34.7 Å². The van der Waals surface area contributed by atoms with Crippen molar-refractivity contribution < 1.29 is 8.78 Å². The van der Waals surface area contributed by atoms with Crippen LogP contribution < -0.4 is 22.3 Å². The molecule has 4 rings (SSSR count). The zero-order chi connectivity index (χ0) is 25.4. The van der Waals surface area contributed by atoms with Gasteiger partial charge in [-0.25, -0.2) is 13.8 Å². The van der Waals surface area contributed by atoms with Gasteiger partial charge in [0.1, 0.15) is 23.3 Å². The number of nitriles is 1. The summed E-state index contributed by atoms with van der Waals surface area (Å²) in [6, 6.07) is 9.43. The normalized spacial score (nSPS) is 12.0.